The number of hydrogen-bond acceptors (Lipinski definition) is 4. The van der Waals surface area contributed by atoms with Crippen LogP contribution < -0.4 is 0 Å². The van der Waals surface area contributed by atoms with Crippen molar-refractivity contribution in [3.8, 4) is 0 Å². The molecule has 0 aromatic heterocycles. The van der Waals surface area contributed by atoms with Crippen molar-refractivity contribution in [3.63, 3.8) is 0 Å². The van der Waals surface area contributed by atoms with Crippen molar-refractivity contribution in [2.75, 3.05) is 7.11 Å². The molecule has 1 rings (SSSR count). The number of carbonyl (C=O) groups is 1. The van der Waals surface area contributed by atoms with E-state index in [4.69, 9.17) is 0 Å². The van der Waals surface area contributed by atoms with E-state index in [0.717, 1.165) is 12.1 Å². The normalized spacial score (nSPS) is 14.1. The number of hydrogen-bond donors (Lipinski definition) is 0. The Hall–Kier alpha value is -1.72. The van der Waals surface area contributed by atoms with Gasteiger partial charge in [-0.3, -0.25) is 4.79 Å². The molecule has 0 saturated carbocycles. The molecule has 0 heterocycles. The van der Waals surface area contributed by atoms with Crippen LogP contribution in [0.15, 0.2) is 29.3 Å². The van der Waals surface area contributed by atoms with Gasteiger partial charge in [-0.1, -0.05) is 12.1 Å². The van der Waals surface area contributed by atoms with E-state index in [-0.39, 0.29) is 12.0 Å². The van der Waals surface area contributed by atoms with Crippen molar-refractivity contribution in [1.29, 1.82) is 0 Å². The van der Waals surface area contributed by atoms with Crippen LogP contribution in [0.5, 0.6) is 0 Å². The molecular formula is C13H12F3NO2S. The SMILES string of the molecule is COC(=O)CC(C)(N=C=S)c1cccc(C(F)(F)F)c1. The van der Waals surface area contributed by atoms with Crippen LogP contribution in [0.3, 0.4) is 0 Å². The number of esters is 1. The Kier molecular flexibility index (Phi) is 5.03. The van der Waals surface area contributed by atoms with E-state index in [2.05, 4.69) is 27.1 Å². The summed E-state index contributed by atoms with van der Waals surface area (Å²) >= 11 is 4.50. The van der Waals surface area contributed by atoms with Gasteiger partial charge in [-0.15, -0.1) is 0 Å². The quantitative estimate of drug-likeness (QED) is 0.485. The van der Waals surface area contributed by atoms with Gasteiger partial charge in [0.15, 0.2) is 0 Å². The number of ether oxygens (including phenoxy) is 1. The minimum Gasteiger partial charge on any atom is -0.469 e. The van der Waals surface area contributed by atoms with Crippen LogP contribution in [0.4, 0.5) is 13.2 Å². The second kappa shape index (κ2) is 6.15. The molecule has 0 aliphatic heterocycles. The first-order valence-electron chi connectivity index (χ1n) is 5.56. The van der Waals surface area contributed by atoms with Crippen molar-refractivity contribution in [2.24, 2.45) is 4.99 Å². The number of thiocarbonyl (C=S) groups is 1. The Balaban J connectivity index is 3.28. The maximum Gasteiger partial charge on any atom is 0.416 e. The highest BCUT2D eigenvalue weighted by atomic mass is 32.1. The van der Waals surface area contributed by atoms with E-state index in [1.165, 1.54) is 26.2 Å². The van der Waals surface area contributed by atoms with E-state index >= 15 is 0 Å². The zero-order valence-electron chi connectivity index (χ0n) is 10.8. The number of carbonyl (C=O) groups excluding carboxylic acids is 1. The summed E-state index contributed by atoms with van der Waals surface area (Å²) < 4.78 is 42.7. The molecule has 7 heteroatoms. The molecule has 0 bridgehead atoms. The van der Waals surface area contributed by atoms with E-state index in [1.54, 1.807) is 0 Å². The van der Waals surface area contributed by atoms with E-state index in [1.807, 2.05) is 0 Å². The molecule has 0 radical (unpaired) electrons. The van der Waals surface area contributed by atoms with Crippen LogP contribution in [0, 0.1) is 0 Å². The third-order valence-corrected chi connectivity index (χ3v) is 2.91. The molecule has 20 heavy (non-hydrogen) atoms. The number of halogens is 3. The van der Waals surface area contributed by atoms with Gasteiger partial charge in [0.2, 0.25) is 0 Å². The highest BCUT2D eigenvalue weighted by molar-refractivity contribution is 7.78. The van der Waals surface area contributed by atoms with Crippen LogP contribution in [0.25, 0.3) is 0 Å². The molecule has 0 aliphatic carbocycles. The summed E-state index contributed by atoms with van der Waals surface area (Å²) in [5, 5.41) is 2.11. The highest BCUT2D eigenvalue weighted by Crippen LogP contribution is 2.35. The molecule has 1 aromatic rings. The van der Waals surface area contributed by atoms with Gasteiger partial charge in [0.1, 0.15) is 5.54 Å². The maximum atomic E-state index is 12.7. The summed E-state index contributed by atoms with van der Waals surface area (Å²) in [6.07, 6.45) is -4.70. The van der Waals surface area contributed by atoms with Crippen LogP contribution >= 0.6 is 12.2 Å². The molecule has 0 spiro atoms. The standard InChI is InChI=1S/C13H12F3NO2S/c1-12(17-8-20,7-11(18)19-2)9-4-3-5-10(6-9)13(14,15)16/h3-6H,7H2,1-2H3. The zero-order valence-corrected chi connectivity index (χ0v) is 11.6. The van der Waals surface area contributed by atoms with Crippen molar-refractivity contribution in [1.82, 2.24) is 0 Å². The largest absolute Gasteiger partial charge is 0.469 e. The smallest absolute Gasteiger partial charge is 0.416 e. The molecule has 1 unspecified atom stereocenters. The summed E-state index contributed by atoms with van der Waals surface area (Å²) in [5.41, 5.74) is -1.84. The summed E-state index contributed by atoms with van der Waals surface area (Å²) in [6.45, 7) is 1.50. The maximum absolute atomic E-state index is 12.7. The van der Waals surface area contributed by atoms with Crippen LogP contribution in [0.1, 0.15) is 24.5 Å². The van der Waals surface area contributed by atoms with Gasteiger partial charge in [0.05, 0.1) is 24.3 Å². The summed E-state index contributed by atoms with van der Waals surface area (Å²) in [4.78, 5) is 15.2. The predicted octanol–water partition coefficient (Wildman–Crippen LogP) is 3.59. The van der Waals surface area contributed by atoms with Gasteiger partial charge < -0.3 is 4.74 Å². The molecule has 0 aliphatic rings. The number of benzene rings is 1. The Bertz CT molecular complexity index is 553. The van der Waals surface area contributed by atoms with Gasteiger partial charge in [-0.25, -0.2) is 4.99 Å². The van der Waals surface area contributed by atoms with Crippen molar-refractivity contribution in [3.05, 3.63) is 35.4 Å². The average Bonchev–Trinajstić information content (AvgIpc) is 2.38. The van der Waals surface area contributed by atoms with Crippen LogP contribution in [0.2, 0.25) is 0 Å². The third kappa shape index (κ3) is 3.88. The van der Waals surface area contributed by atoms with Crippen molar-refractivity contribution < 1.29 is 22.7 Å². The minimum atomic E-state index is -4.47. The van der Waals surface area contributed by atoms with Crippen molar-refractivity contribution in [2.45, 2.75) is 25.1 Å². The van der Waals surface area contributed by atoms with Gasteiger partial charge in [0, 0.05) is 0 Å². The molecular weight excluding hydrogens is 291 g/mol. The Morgan fingerprint density at radius 2 is 2.00 bits per heavy atom. The topological polar surface area (TPSA) is 38.7 Å². The first-order chi connectivity index (χ1) is 9.23. The first kappa shape index (κ1) is 16.3. The lowest BCUT2D eigenvalue weighted by Gasteiger charge is -2.24. The van der Waals surface area contributed by atoms with Gasteiger partial charge in [-0.05, 0) is 36.8 Å². The second-order valence-electron chi connectivity index (χ2n) is 4.31. The van der Waals surface area contributed by atoms with Crippen molar-refractivity contribution >= 4 is 23.3 Å². The molecule has 108 valence electrons. The molecule has 0 amide bonds. The van der Waals surface area contributed by atoms with Gasteiger partial charge in [-0.2, -0.15) is 13.2 Å². The molecule has 0 saturated heterocycles. The summed E-state index contributed by atoms with van der Waals surface area (Å²) in [5.74, 6) is -0.598. The van der Waals surface area contributed by atoms with E-state index < -0.39 is 23.2 Å². The molecule has 0 fully saturated rings. The number of methoxy groups -OCH3 is 1. The molecule has 1 atom stereocenters. The molecule has 1 aromatic carbocycles. The fraction of sp³-hybridized carbons (Fsp3) is 0.385. The zero-order chi connectivity index (χ0) is 15.4. The number of nitrogens with zero attached hydrogens (tertiary/aromatic N) is 1. The lowest BCUT2D eigenvalue weighted by atomic mass is 9.88. The molecule has 3 nitrogen and oxygen atoms in total. The van der Waals surface area contributed by atoms with E-state index in [9.17, 15) is 18.0 Å². The fourth-order valence-corrected chi connectivity index (χ4v) is 1.89. The summed E-state index contributed by atoms with van der Waals surface area (Å²) in [6, 6.07) is 4.60. The number of alkyl halides is 3. The number of isothiocyanates is 1. The Morgan fingerprint density at radius 3 is 2.50 bits per heavy atom. The monoisotopic (exact) mass is 303 g/mol. The van der Waals surface area contributed by atoms with Crippen LogP contribution in [-0.2, 0) is 21.2 Å². The third-order valence-electron chi connectivity index (χ3n) is 2.82. The van der Waals surface area contributed by atoms with Gasteiger partial charge in [0.25, 0.3) is 0 Å². The lowest BCUT2D eigenvalue weighted by Crippen LogP contribution is -2.24. The summed E-state index contributed by atoms with van der Waals surface area (Å²) in [7, 11) is 1.19. The van der Waals surface area contributed by atoms with Gasteiger partial charge >= 0.3 is 12.1 Å². The fourth-order valence-electron chi connectivity index (χ4n) is 1.69. The average molecular weight is 303 g/mol. The predicted molar refractivity (Wildman–Crippen MR) is 70.5 cm³/mol. The number of aliphatic imine (C=N–C) groups is 1. The first-order valence-corrected chi connectivity index (χ1v) is 5.97. The number of rotatable bonds is 4. The lowest BCUT2D eigenvalue weighted by molar-refractivity contribution is -0.141. The minimum absolute atomic E-state index is 0.218. The molecule has 0 N–H and O–H groups in total. The van der Waals surface area contributed by atoms with E-state index in [0.29, 0.717) is 0 Å². The highest BCUT2D eigenvalue weighted by Gasteiger charge is 2.34. The Morgan fingerprint density at radius 1 is 1.40 bits per heavy atom. The second-order valence-corrected chi connectivity index (χ2v) is 4.49. The van der Waals surface area contributed by atoms with Crippen LogP contribution in [-0.4, -0.2) is 18.2 Å². The Labute approximate surface area is 119 Å².